The third-order valence-corrected chi connectivity index (χ3v) is 3.78. The zero-order chi connectivity index (χ0) is 15.5. The zero-order valence-corrected chi connectivity index (χ0v) is 11.6. The van der Waals surface area contributed by atoms with Crippen molar-refractivity contribution in [2.75, 3.05) is 19.6 Å². The molecule has 0 radical (unpaired) electrons. The van der Waals surface area contributed by atoms with Crippen molar-refractivity contribution in [3.8, 4) is 0 Å². The summed E-state index contributed by atoms with van der Waals surface area (Å²) in [6.45, 7) is 2.83. The number of carboxylic acid groups (broad SMARTS) is 1. The number of halogens is 3. The minimum absolute atomic E-state index is 0.173. The largest absolute Gasteiger partial charge is 0.478 e. The fourth-order valence-electron chi connectivity index (χ4n) is 2.69. The Balaban J connectivity index is 2.08. The summed E-state index contributed by atoms with van der Waals surface area (Å²) in [6, 6.07) is 3.26. The highest BCUT2D eigenvalue weighted by molar-refractivity contribution is 5.88. The monoisotopic (exact) mass is 301 g/mol. The summed E-state index contributed by atoms with van der Waals surface area (Å²) < 4.78 is 39.0. The number of alkyl halides is 3. The smallest absolute Gasteiger partial charge is 0.416 e. The number of carbonyl (C=O) groups is 1. The van der Waals surface area contributed by atoms with Crippen molar-refractivity contribution in [3.63, 3.8) is 0 Å². The Bertz CT molecular complexity index is 508. The van der Waals surface area contributed by atoms with E-state index < -0.39 is 17.7 Å². The maximum atomic E-state index is 13.0. The minimum atomic E-state index is -4.52. The normalized spacial score (nSPS) is 16.3. The zero-order valence-electron chi connectivity index (χ0n) is 11.6. The van der Waals surface area contributed by atoms with Gasteiger partial charge in [0, 0.05) is 0 Å². The standard InChI is InChI=1S/C15H18F3NO2/c16-15(17,18)13-10-12(14(20)21)6-5-11(13)4-3-9-19-7-1-2-8-19/h5-6,10H,1-4,7-9H2,(H,20,21). The molecule has 0 atom stereocenters. The molecule has 1 aromatic rings. The lowest BCUT2D eigenvalue weighted by molar-refractivity contribution is -0.138. The van der Waals surface area contributed by atoms with Gasteiger partial charge in [0.25, 0.3) is 0 Å². The van der Waals surface area contributed by atoms with E-state index in [1.165, 1.54) is 12.1 Å². The summed E-state index contributed by atoms with van der Waals surface area (Å²) in [7, 11) is 0. The number of aromatic carboxylic acids is 1. The number of rotatable bonds is 5. The van der Waals surface area contributed by atoms with Gasteiger partial charge in [0.2, 0.25) is 0 Å². The molecule has 0 spiro atoms. The second kappa shape index (κ2) is 6.47. The van der Waals surface area contributed by atoms with E-state index >= 15 is 0 Å². The van der Waals surface area contributed by atoms with Crippen LogP contribution in [0.2, 0.25) is 0 Å². The lowest BCUT2D eigenvalue weighted by Gasteiger charge is -2.16. The van der Waals surface area contributed by atoms with Gasteiger partial charge in [-0.3, -0.25) is 0 Å². The molecule has 0 bridgehead atoms. The van der Waals surface area contributed by atoms with Gasteiger partial charge in [0.05, 0.1) is 11.1 Å². The predicted octanol–water partition coefficient (Wildman–Crippen LogP) is 3.43. The van der Waals surface area contributed by atoms with Gasteiger partial charge in [-0.2, -0.15) is 13.2 Å². The molecule has 21 heavy (non-hydrogen) atoms. The van der Waals surface area contributed by atoms with Gasteiger partial charge in [-0.05, 0) is 63.0 Å². The molecule has 0 aromatic heterocycles. The van der Waals surface area contributed by atoms with Gasteiger partial charge in [-0.25, -0.2) is 4.79 Å². The van der Waals surface area contributed by atoms with Crippen LogP contribution in [-0.4, -0.2) is 35.6 Å². The molecule has 1 heterocycles. The summed E-state index contributed by atoms with van der Waals surface area (Å²) in [5.41, 5.74) is -0.985. The van der Waals surface area contributed by atoms with Crippen LogP contribution in [0.15, 0.2) is 18.2 Å². The lowest BCUT2D eigenvalue weighted by atomic mass is 9.99. The maximum absolute atomic E-state index is 13.0. The quantitative estimate of drug-likeness (QED) is 0.906. The molecule has 1 saturated heterocycles. The molecule has 6 heteroatoms. The molecule has 116 valence electrons. The first-order valence-corrected chi connectivity index (χ1v) is 7.03. The van der Waals surface area contributed by atoms with Crippen LogP contribution >= 0.6 is 0 Å². The van der Waals surface area contributed by atoms with Crippen molar-refractivity contribution in [2.45, 2.75) is 31.9 Å². The van der Waals surface area contributed by atoms with E-state index in [1.807, 2.05) is 0 Å². The first kappa shape index (κ1) is 15.8. The Labute approximate surface area is 121 Å². The van der Waals surface area contributed by atoms with E-state index in [-0.39, 0.29) is 11.1 Å². The van der Waals surface area contributed by atoms with Gasteiger partial charge in [-0.1, -0.05) is 6.07 Å². The van der Waals surface area contributed by atoms with Gasteiger partial charge in [0.15, 0.2) is 0 Å². The summed E-state index contributed by atoms with van der Waals surface area (Å²) >= 11 is 0. The third kappa shape index (κ3) is 4.20. The number of nitrogens with zero attached hydrogens (tertiary/aromatic N) is 1. The van der Waals surface area contributed by atoms with Gasteiger partial charge < -0.3 is 10.0 Å². The van der Waals surface area contributed by atoms with Crippen molar-refractivity contribution in [3.05, 3.63) is 34.9 Å². The second-order valence-electron chi connectivity index (χ2n) is 5.33. The first-order chi connectivity index (χ1) is 9.88. The molecule has 1 aromatic carbocycles. The SMILES string of the molecule is O=C(O)c1ccc(CCCN2CCCC2)c(C(F)(F)F)c1. The molecule has 1 aliphatic heterocycles. The van der Waals surface area contributed by atoms with Crippen molar-refractivity contribution in [1.82, 2.24) is 4.90 Å². The molecular formula is C15H18F3NO2. The van der Waals surface area contributed by atoms with Crippen molar-refractivity contribution >= 4 is 5.97 Å². The van der Waals surface area contributed by atoms with E-state index in [9.17, 15) is 18.0 Å². The van der Waals surface area contributed by atoms with Crippen LogP contribution < -0.4 is 0 Å². The van der Waals surface area contributed by atoms with Gasteiger partial charge >= 0.3 is 12.1 Å². The van der Waals surface area contributed by atoms with Gasteiger partial charge in [-0.15, -0.1) is 0 Å². The number of likely N-dealkylation sites (tertiary alicyclic amines) is 1. The van der Waals surface area contributed by atoms with Crippen LogP contribution in [0, 0.1) is 0 Å². The van der Waals surface area contributed by atoms with Crippen LogP contribution in [0.5, 0.6) is 0 Å². The number of aryl methyl sites for hydroxylation is 1. The molecule has 0 amide bonds. The average molecular weight is 301 g/mol. The summed E-state index contributed by atoms with van der Waals surface area (Å²) in [5.74, 6) is -1.34. The highest BCUT2D eigenvalue weighted by Crippen LogP contribution is 2.33. The third-order valence-electron chi connectivity index (χ3n) is 3.78. The molecule has 0 unspecified atom stereocenters. The van der Waals surface area contributed by atoms with E-state index in [2.05, 4.69) is 4.90 Å². The highest BCUT2D eigenvalue weighted by atomic mass is 19.4. The molecule has 1 N–H and O–H groups in total. The minimum Gasteiger partial charge on any atom is -0.478 e. The van der Waals surface area contributed by atoms with E-state index in [1.54, 1.807) is 0 Å². The maximum Gasteiger partial charge on any atom is 0.416 e. The van der Waals surface area contributed by atoms with E-state index in [0.29, 0.717) is 12.8 Å². The lowest BCUT2D eigenvalue weighted by Crippen LogP contribution is -2.21. The van der Waals surface area contributed by atoms with Crippen LogP contribution in [0.25, 0.3) is 0 Å². The van der Waals surface area contributed by atoms with E-state index in [4.69, 9.17) is 5.11 Å². The number of carboxylic acids is 1. The van der Waals surface area contributed by atoms with Crippen molar-refractivity contribution in [2.24, 2.45) is 0 Å². The molecule has 1 fully saturated rings. The molecular weight excluding hydrogens is 283 g/mol. The molecule has 2 rings (SSSR count). The van der Waals surface area contributed by atoms with Crippen LogP contribution in [-0.2, 0) is 12.6 Å². The van der Waals surface area contributed by atoms with Crippen LogP contribution in [0.3, 0.4) is 0 Å². The van der Waals surface area contributed by atoms with Gasteiger partial charge in [0.1, 0.15) is 0 Å². The van der Waals surface area contributed by atoms with Crippen LogP contribution in [0.4, 0.5) is 13.2 Å². The fourth-order valence-corrected chi connectivity index (χ4v) is 2.69. The predicted molar refractivity (Wildman–Crippen MR) is 72.4 cm³/mol. The number of hydrogen-bond donors (Lipinski definition) is 1. The molecule has 0 aliphatic carbocycles. The Kier molecular flexibility index (Phi) is 4.88. The Morgan fingerprint density at radius 3 is 2.48 bits per heavy atom. The van der Waals surface area contributed by atoms with Crippen LogP contribution in [0.1, 0.15) is 40.7 Å². The number of hydrogen-bond acceptors (Lipinski definition) is 2. The topological polar surface area (TPSA) is 40.5 Å². The first-order valence-electron chi connectivity index (χ1n) is 7.03. The van der Waals surface area contributed by atoms with Crippen molar-refractivity contribution < 1.29 is 23.1 Å². The molecule has 0 saturated carbocycles. The summed E-state index contributed by atoms with van der Waals surface area (Å²) in [6.07, 6.45) is -1.25. The summed E-state index contributed by atoms with van der Waals surface area (Å²) in [5, 5.41) is 8.81. The number of benzene rings is 1. The fraction of sp³-hybridized carbons (Fsp3) is 0.533. The highest BCUT2D eigenvalue weighted by Gasteiger charge is 2.33. The molecule has 3 nitrogen and oxygen atoms in total. The van der Waals surface area contributed by atoms with E-state index in [0.717, 1.165) is 38.5 Å². The Morgan fingerprint density at radius 1 is 1.24 bits per heavy atom. The Morgan fingerprint density at radius 2 is 1.90 bits per heavy atom. The Hall–Kier alpha value is -1.56. The summed E-state index contributed by atoms with van der Waals surface area (Å²) in [4.78, 5) is 13.1. The molecule has 1 aliphatic rings. The van der Waals surface area contributed by atoms with Crippen molar-refractivity contribution in [1.29, 1.82) is 0 Å². The average Bonchev–Trinajstić information content (AvgIpc) is 2.90. The second-order valence-corrected chi connectivity index (χ2v) is 5.33.